The Morgan fingerprint density at radius 3 is 2.57 bits per heavy atom. The topological polar surface area (TPSA) is 50.1 Å². The predicted octanol–water partition coefficient (Wildman–Crippen LogP) is 6.33. The highest BCUT2D eigenvalue weighted by atomic mass is 19.1. The molecule has 0 spiro atoms. The molecule has 28 heavy (non-hydrogen) atoms. The second-order valence-corrected chi connectivity index (χ2v) is 8.44. The Kier molecular flexibility index (Phi) is 6.88. The molecule has 0 N–H and O–H groups in total. The van der Waals surface area contributed by atoms with Crippen LogP contribution in [0.5, 0.6) is 5.75 Å². The van der Waals surface area contributed by atoms with E-state index in [1.807, 2.05) is 6.08 Å². The highest BCUT2D eigenvalue weighted by Gasteiger charge is 2.48. The van der Waals surface area contributed by atoms with Crippen molar-refractivity contribution in [2.75, 3.05) is 0 Å². The van der Waals surface area contributed by atoms with E-state index < -0.39 is 11.2 Å². The van der Waals surface area contributed by atoms with Gasteiger partial charge in [0.2, 0.25) is 0 Å². The molecule has 0 atom stereocenters. The van der Waals surface area contributed by atoms with E-state index in [4.69, 9.17) is 10.00 Å². The van der Waals surface area contributed by atoms with Gasteiger partial charge in [-0.25, -0.2) is 4.39 Å². The number of carbonyl (C=O) groups excluding carboxylic acids is 1. The first-order chi connectivity index (χ1) is 13.6. The zero-order valence-electron chi connectivity index (χ0n) is 16.6. The molecule has 0 unspecified atom stereocenters. The highest BCUT2D eigenvalue weighted by Crippen LogP contribution is 2.50. The first-order valence-electron chi connectivity index (χ1n) is 10.6. The summed E-state index contributed by atoms with van der Waals surface area (Å²) in [5, 5.41) is 8.88. The molecule has 2 aliphatic rings. The Labute approximate surface area is 167 Å². The maximum Gasteiger partial charge on any atom is 0.317 e. The van der Waals surface area contributed by atoms with Crippen molar-refractivity contribution in [3.63, 3.8) is 0 Å². The lowest BCUT2D eigenvalue weighted by Crippen LogP contribution is -2.44. The molecule has 1 aromatic rings. The molecule has 4 heteroatoms. The summed E-state index contributed by atoms with van der Waals surface area (Å²) in [6.45, 7) is 3.82. The SMILES string of the molecule is C=CCCC1CCC(C2(C(=O)Oc3ccc(C#N)c(F)c3)CCCCC2)CC1. The third kappa shape index (κ3) is 4.46. The zero-order valence-corrected chi connectivity index (χ0v) is 16.6. The van der Waals surface area contributed by atoms with Gasteiger partial charge in [0.25, 0.3) is 0 Å². The number of halogens is 1. The molecular formula is C24H30FNO2. The number of rotatable bonds is 6. The minimum Gasteiger partial charge on any atom is -0.426 e. The van der Waals surface area contributed by atoms with Crippen molar-refractivity contribution in [1.82, 2.24) is 0 Å². The van der Waals surface area contributed by atoms with Gasteiger partial charge in [0, 0.05) is 6.07 Å². The molecule has 0 heterocycles. The van der Waals surface area contributed by atoms with E-state index in [0.717, 1.165) is 63.4 Å². The summed E-state index contributed by atoms with van der Waals surface area (Å²) in [5.41, 5.74) is -0.475. The summed E-state index contributed by atoms with van der Waals surface area (Å²) in [7, 11) is 0. The summed E-state index contributed by atoms with van der Waals surface area (Å²) >= 11 is 0. The van der Waals surface area contributed by atoms with Gasteiger partial charge in [-0.05, 0) is 62.5 Å². The Balaban J connectivity index is 1.72. The largest absolute Gasteiger partial charge is 0.426 e. The summed E-state index contributed by atoms with van der Waals surface area (Å²) in [4.78, 5) is 13.3. The van der Waals surface area contributed by atoms with E-state index in [9.17, 15) is 9.18 Å². The second-order valence-electron chi connectivity index (χ2n) is 8.44. The molecule has 3 nitrogen and oxygen atoms in total. The molecule has 0 radical (unpaired) electrons. The van der Waals surface area contributed by atoms with Crippen molar-refractivity contribution in [3.8, 4) is 11.8 Å². The van der Waals surface area contributed by atoms with Crippen LogP contribution in [0.1, 0.15) is 76.2 Å². The average molecular weight is 384 g/mol. The number of ether oxygens (including phenoxy) is 1. The van der Waals surface area contributed by atoms with Gasteiger partial charge in [0.05, 0.1) is 11.0 Å². The number of esters is 1. The van der Waals surface area contributed by atoms with Crippen LogP contribution in [0.2, 0.25) is 0 Å². The third-order valence-electron chi connectivity index (χ3n) is 6.83. The Bertz CT molecular complexity index is 737. The van der Waals surface area contributed by atoms with Crippen molar-refractivity contribution in [2.45, 2.75) is 70.6 Å². The minimum atomic E-state index is -0.645. The lowest BCUT2D eigenvalue weighted by molar-refractivity contribution is -0.153. The van der Waals surface area contributed by atoms with Crippen LogP contribution in [0.15, 0.2) is 30.9 Å². The van der Waals surface area contributed by atoms with Crippen LogP contribution in [-0.2, 0) is 4.79 Å². The van der Waals surface area contributed by atoms with Crippen molar-refractivity contribution in [3.05, 3.63) is 42.2 Å². The van der Waals surface area contributed by atoms with Gasteiger partial charge in [0.1, 0.15) is 17.6 Å². The number of carbonyl (C=O) groups is 1. The normalized spacial score (nSPS) is 24.1. The maximum absolute atomic E-state index is 13.9. The molecule has 2 aliphatic carbocycles. The van der Waals surface area contributed by atoms with Crippen molar-refractivity contribution in [2.24, 2.45) is 17.3 Å². The summed E-state index contributed by atoms with van der Waals surface area (Å²) in [5.74, 6) is 0.437. The summed E-state index contributed by atoms with van der Waals surface area (Å²) in [6.07, 6.45) is 13.7. The molecule has 1 aromatic carbocycles. The lowest BCUT2D eigenvalue weighted by Gasteiger charge is -2.44. The number of nitriles is 1. The first-order valence-corrected chi connectivity index (χ1v) is 10.6. The van der Waals surface area contributed by atoms with Crippen LogP contribution < -0.4 is 4.74 Å². The molecule has 2 fully saturated rings. The fraction of sp³-hybridized carbons (Fsp3) is 0.583. The van der Waals surface area contributed by atoms with E-state index in [1.54, 1.807) is 6.07 Å². The molecule has 150 valence electrons. The summed E-state index contributed by atoms with van der Waals surface area (Å²) in [6, 6.07) is 5.83. The molecular weight excluding hydrogens is 353 g/mol. The third-order valence-corrected chi connectivity index (χ3v) is 6.83. The lowest BCUT2D eigenvalue weighted by atomic mass is 9.60. The van der Waals surface area contributed by atoms with Gasteiger partial charge < -0.3 is 4.74 Å². The minimum absolute atomic E-state index is 0.0370. The fourth-order valence-corrected chi connectivity index (χ4v) is 5.18. The average Bonchev–Trinajstić information content (AvgIpc) is 2.73. The second kappa shape index (κ2) is 9.37. The zero-order chi connectivity index (χ0) is 20.0. The molecule has 0 aliphatic heterocycles. The van der Waals surface area contributed by atoms with Gasteiger partial charge >= 0.3 is 5.97 Å². The van der Waals surface area contributed by atoms with Gasteiger partial charge in [-0.2, -0.15) is 5.26 Å². The van der Waals surface area contributed by atoms with E-state index >= 15 is 0 Å². The maximum atomic E-state index is 13.9. The van der Waals surface area contributed by atoms with Crippen LogP contribution in [0.4, 0.5) is 4.39 Å². The molecule has 3 rings (SSSR count). The van der Waals surface area contributed by atoms with Gasteiger partial charge in [-0.15, -0.1) is 6.58 Å². The molecule has 0 bridgehead atoms. The van der Waals surface area contributed by atoms with E-state index in [2.05, 4.69) is 6.58 Å². The van der Waals surface area contributed by atoms with E-state index in [0.29, 0.717) is 5.92 Å². The number of nitrogens with zero attached hydrogens (tertiary/aromatic N) is 1. The summed E-state index contributed by atoms with van der Waals surface area (Å²) < 4.78 is 19.6. The van der Waals surface area contributed by atoms with E-state index in [1.165, 1.54) is 31.4 Å². The molecule has 0 amide bonds. The molecule has 0 aromatic heterocycles. The first kappa shape index (κ1) is 20.6. The number of hydrogen-bond donors (Lipinski definition) is 0. The Morgan fingerprint density at radius 1 is 1.25 bits per heavy atom. The van der Waals surface area contributed by atoms with Crippen LogP contribution in [0, 0.1) is 34.4 Å². The van der Waals surface area contributed by atoms with Crippen LogP contribution in [-0.4, -0.2) is 5.97 Å². The van der Waals surface area contributed by atoms with Gasteiger partial charge in [-0.1, -0.05) is 38.2 Å². The fourth-order valence-electron chi connectivity index (χ4n) is 5.18. The number of benzene rings is 1. The smallest absolute Gasteiger partial charge is 0.317 e. The van der Waals surface area contributed by atoms with Crippen LogP contribution in [0.25, 0.3) is 0 Å². The monoisotopic (exact) mass is 383 g/mol. The van der Waals surface area contributed by atoms with Crippen molar-refractivity contribution >= 4 is 5.97 Å². The predicted molar refractivity (Wildman–Crippen MR) is 107 cm³/mol. The van der Waals surface area contributed by atoms with E-state index in [-0.39, 0.29) is 17.3 Å². The van der Waals surface area contributed by atoms with Gasteiger partial charge in [0.15, 0.2) is 0 Å². The molecule has 2 saturated carbocycles. The standard InChI is InChI=1S/C24H30FNO2/c1-2-3-7-18-8-11-20(12-9-18)24(14-5-4-6-15-24)23(27)28-21-13-10-19(17-26)22(25)16-21/h2,10,13,16,18,20H,1,3-9,11-12,14-15H2. The highest BCUT2D eigenvalue weighted by molar-refractivity contribution is 5.79. The Morgan fingerprint density at radius 2 is 1.96 bits per heavy atom. The van der Waals surface area contributed by atoms with Crippen LogP contribution in [0.3, 0.4) is 0 Å². The number of allylic oxidation sites excluding steroid dienone is 1. The quantitative estimate of drug-likeness (QED) is 0.328. The van der Waals surface area contributed by atoms with Gasteiger partial charge in [-0.3, -0.25) is 4.79 Å². The van der Waals surface area contributed by atoms with Crippen molar-refractivity contribution < 1.29 is 13.9 Å². The Hall–Kier alpha value is -2.15. The van der Waals surface area contributed by atoms with Crippen molar-refractivity contribution in [1.29, 1.82) is 5.26 Å². The molecule has 0 saturated heterocycles. The van der Waals surface area contributed by atoms with Crippen LogP contribution >= 0.6 is 0 Å². The number of hydrogen-bond acceptors (Lipinski definition) is 3.